The van der Waals surface area contributed by atoms with Gasteiger partial charge in [0.1, 0.15) is 12.3 Å². The van der Waals surface area contributed by atoms with Crippen molar-refractivity contribution in [2.45, 2.75) is 6.61 Å². The highest BCUT2D eigenvalue weighted by Crippen LogP contribution is 2.16. The standard InChI is InChI=1S/C21H15NO4/c23-20(24)18-13-22-19(17(18)12-11-15-7-3-1-4-8-15)21(25)26-14-16-9-5-2-6-10-16/h1-10,13,22H,14H2,(H,23,24). The van der Waals surface area contributed by atoms with Crippen LogP contribution in [-0.4, -0.2) is 22.0 Å². The molecule has 0 aliphatic heterocycles. The average molecular weight is 345 g/mol. The van der Waals surface area contributed by atoms with Gasteiger partial charge in [0.05, 0.1) is 11.1 Å². The van der Waals surface area contributed by atoms with E-state index in [2.05, 4.69) is 16.8 Å². The number of carboxylic acids is 1. The van der Waals surface area contributed by atoms with Crippen LogP contribution < -0.4 is 0 Å². The fraction of sp³-hybridized carbons (Fsp3) is 0.0476. The highest BCUT2D eigenvalue weighted by molar-refractivity contribution is 5.98. The van der Waals surface area contributed by atoms with Gasteiger partial charge in [-0.05, 0) is 17.7 Å². The second-order valence-electron chi connectivity index (χ2n) is 5.44. The fourth-order valence-corrected chi connectivity index (χ4v) is 2.33. The Bertz CT molecular complexity index is 979. The maximum atomic E-state index is 12.4. The number of aromatic nitrogens is 1. The molecule has 0 saturated carbocycles. The molecular formula is C21H15NO4. The van der Waals surface area contributed by atoms with Crippen LogP contribution in [-0.2, 0) is 11.3 Å². The molecule has 3 aromatic rings. The zero-order valence-corrected chi connectivity index (χ0v) is 13.7. The molecule has 0 saturated heterocycles. The first-order valence-electron chi connectivity index (χ1n) is 7.88. The number of carbonyl (C=O) groups excluding carboxylic acids is 1. The molecular weight excluding hydrogens is 330 g/mol. The van der Waals surface area contributed by atoms with Gasteiger partial charge in [-0.2, -0.15) is 0 Å². The Kier molecular flexibility index (Phi) is 5.16. The van der Waals surface area contributed by atoms with Crippen molar-refractivity contribution in [2.75, 3.05) is 0 Å². The van der Waals surface area contributed by atoms with Gasteiger partial charge >= 0.3 is 11.9 Å². The van der Waals surface area contributed by atoms with Crippen LogP contribution in [0.1, 0.15) is 37.5 Å². The Morgan fingerprint density at radius 1 is 0.962 bits per heavy atom. The lowest BCUT2D eigenvalue weighted by Crippen LogP contribution is -2.08. The van der Waals surface area contributed by atoms with E-state index in [9.17, 15) is 14.7 Å². The number of hydrogen-bond donors (Lipinski definition) is 2. The summed E-state index contributed by atoms with van der Waals surface area (Å²) in [6, 6.07) is 18.3. The third-order valence-corrected chi connectivity index (χ3v) is 3.63. The number of ether oxygens (including phenoxy) is 1. The van der Waals surface area contributed by atoms with Crippen LogP contribution in [0.2, 0.25) is 0 Å². The van der Waals surface area contributed by atoms with Crippen LogP contribution in [0.4, 0.5) is 0 Å². The molecule has 1 heterocycles. The van der Waals surface area contributed by atoms with Gasteiger partial charge in [0.25, 0.3) is 0 Å². The number of rotatable bonds is 4. The van der Waals surface area contributed by atoms with Gasteiger partial charge in [0.2, 0.25) is 0 Å². The Labute approximate surface area is 150 Å². The van der Waals surface area contributed by atoms with E-state index in [1.165, 1.54) is 6.20 Å². The summed E-state index contributed by atoms with van der Waals surface area (Å²) in [7, 11) is 0. The van der Waals surface area contributed by atoms with E-state index in [1.807, 2.05) is 48.5 Å². The highest BCUT2D eigenvalue weighted by Gasteiger charge is 2.21. The van der Waals surface area contributed by atoms with Gasteiger partial charge in [-0.3, -0.25) is 0 Å². The van der Waals surface area contributed by atoms with Crippen molar-refractivity contribution in [1.29, 1.82) is 0 Å². The van der Waals surface area contributed by atoms with Crippen LogP contribution in [0.25, 0.3) is 0 Å². The van der Waals surface area contributed by atoms with Crippen molar-refractivity contribution in [3.8, 4) is 11.8 Å². The first kappa shape index (κ1) is 17.1. The number of benzene rings is 2. The largest absolute Gasteiger partial charge is 0.478 e. The van der Waals surface area contributed by atoms with Crippen molar-refractivity contribution < 1.29 is 19.4 Å². The van der Waals surface area contributed by atoms with Crippen molar-refractivity contribution in [3.63, 3.8) is 0 Å². The van der Waals surface area contributed by atoms with Gasteiger partial charge in [-0.25, -0.2) is 9.59 Å². The summed E-state index contributed by atoms with van der Waals surface area (Å²) in [6.07, 6.45) is 1.25. The van der Waals surface area contributed by atoms with Gasteiger partial charge in [-0.1, -0.05) is 60.4 Å². The monoisotopic (exact) mass is 345 g/mol. The quantitative estimate of drug-likeness (QED) is 0.560. The van der Waals surface area contributed by atoms with Crippen LogP contribution in [0, 0.1) is 11.8 Å². The maximum Gasteiger partial charge on any atom is 0.356 e. The molecule has 1 aromatic heterocycles. The summed E-state index contributed by atoms with van der Waals surface area (Å²) in [5.74, 6) is 3.83. The van der Waals surface area contributed by atoms with E-state index in [0.29, 0.717) is 5.56 Å². The number of carbonyl (C=O) groups is 2. The zero-order chi connectivity index (χ0) is 18.4. The SMILES string of the molecule is O=C(O)c1c[nH]c(C(=O)OCc2ccccc2)c1C#Cc1ccccc1. The fourth-order valence-electron chi connectivity index (χ4n) is 2.33. The summed E-state index contributed by atoms with van der Waals surface area (Å²) < 4.78 is 5.27. The molecule has 0 unspecified atom stereocenters. The Morgan fingerprint density at radius 2 is 1.62 bits per heavy atom. The van der Waals surface area contributed by atoms with Crippen LogP contribution in [0.5, 0.6) is 0 Å². The minimum Gasteiger partial charge on any atom is -0.478 e. The number of aromatic carboxylic acids is 1. The Hall–Kier alpha value is -3.78. The Morgan fingerprint density at radius 3 is 2.27 bits per heavy atom. The minimum absolute atomic E-state index is 0.0294. The molecule has 0 amide bonds. The molecule has 0 bridgehead atoms. The summed E-state index contributed by atoms with van der Waals surface area (Å²) in [5.41, 5.74) is 1.62. The van der Waals surface area contributed by atoms with E-state index >= 15 is 0 Å². The lowest BCUT2D eigenvalue weighted by molar-refractivity contribution is 0.0466. The van der Waals surface area contributed by atoms with Crippen LogP contribution in [0.15, 0.2) is 66.9 Å². The van der Waals surface area contributed by atoms with Gasteiger partial charge in [0.15, 0.2) is 0 Å². The molecule has 26 heavy (non-hydrogen) atoms. The van der Waals surface area contributed by atoms with E-state index in [4.69, 9.17) is 4.74 Å². The van der Waals surface area contributed by atoms with Gasteiger partial charge < -0.3 is 14.8 Å². The first-order valence-corrected chi connectivity index (χ1v) is 7.88. The number of hydrogen-bond acceptors (Lipinski definition) is 3. The first-order chi connectivity index (χ1) is 12.6. The molecule has 0 radical (unpaired) electrons. The third kappa shape index (κ3) is 4.00. The maximum absolute atomic E-state index is 12.4. The van der Waals surface area contributed by atoms with E-state index < -0.39 is 11.9 Å². The zero-order valence-electron chi connectivity index (χ0n) is 13.7. The van der Waals surface area contributed by atoms with E-state index in [1.54, 1.807) is 12.1 Å². The lowest BCUT2D eigenvalue weighted by Gasteiger charge is -2.04. The molecule has 0 fully saturated rings. The summed E-state index contributed by atoms with van der Waals surface area (Å²) in [4.78, 5) is 26.5. The molecule has 2 N–H and O–H groups in total. The predicted molar refractivity (Wildman–Crippen MR) is 95.7 cm³/mol. The van der Waals surface area contributed by atoms with Crippen molar-refractivity contribution in [1.82, 2.24) is 4.98 Å². The van der Waals surface area contributed by atoms with Crippen molar-refractivity contribution in [2.24, 2.45) is 0 Å². The predicted octanol–water partition coefficient (Wildman–Crippen LogP) is 3.47. The van der Waals surface area contributed by atoms with E-state index in [0.717, 1.165) is 5.56 Å². The van der Waals surface area contributed by atoms with Gasteiger partial charge in [0, 0.05) is 11.8 Å². The van der Waals surface area contributed by atoms with E-state index in [-0.39, 0.29) is 23.4 Å². The molecule has 0 atom stereocenters. The highest BCUT2D eigenvalue weighted by atomic mass is 16.5. The molecule has 2 aromatic carbocycles. The topological polar surface area (TPSA) is 79.4 Å². The molecule has 5 nitrogen and oxygen atoms in total. The third-order valence-electron chi connectivity index (χ3n) is 3.63. The second-order valence-corrected chi connectivity index (χ2v) is 5.44. The molecule has 3 rings (SSSR count). The average Bonchev–Trinajstić information content (AvgIpc) is 3.10. The molecule has 0 spiro atoms. The van der Waals surface area contributed by atoms with Crippen LogP contribution >= 0.6 is 0 Å². The van der Waals surface area contributed by atoms with Crippen molar-refractivity contribution in [3.05, 3.63) is 94.8 Å². The van der Waals surface area contributed by atoms with Crippen molar-refractivity contribution >= 4 is 11.9 Å². The normalized spacial score (nSPS) is 9.85. The van der Waals surface area contributed by atoms with Gasteiger partial charge in [-0.15, -0.1) is 0 Å². The number of aromatic amines is 1. The number of H-pyrrole nitrogens is 1. The molecule has 128 valence electrons. The molecule has 0 aliphatic carbocycles. The summed E-state index contributed by atoms with van der Waals surface area (Å²) >= 11 is 0. The molecule has 5 heteroatoms. The Balaban J connectivity index is 1.86. The summed E-state index contributed by atoms with van der Waals surface area (Å²) in [6.45, 7) is 0.0899. The lowest BCUT2D eigenvalue weighted by atomic mass is 10.1. The number of carboxylic acid groups (broad SMARTS) is 1. The minimum atomic E-state index is -1.17. The smallest absolute Gasteiger partial charge is 0.356 e. The summed E-state index contributed by atoms with van der Waals surface area (Å²) in [5, 5.41) is 9.33. The number of esters is 1. The second kappa shape index (κ2) is 7.86. The molecule has 0 aliphatic rings. The number of nitrogens with one attached hydrogen (secondary N) is 1. The van der Waals surface area contributed by atoms with Crippen LogP contribution in [0.3, 0.4) is 0 Å².